The normalized spacial score (nSPS) is 14.3. The molecule has 0 fully saturated rings. The average Bonchev–Trinajstić information content (AvgIpc) is 2.26. The first-order valence-corrected chi connectivity index (χ1v) is 6.21. The van der Waals surface area contributed by atoms with Crippen molar-refractivity contribution in [2.75, 3.05) is 11.4 Å². The summed E-state index contributed by atoms with van der Waals surface area (Å²) in [6.07, 6.45) is 1.82. The number of carbonyl (C=O) groups excluding carboxylic acids is 1. The second-order valence-electron chi connectivity index (χ2n) is 3.93. The Morgan fingerprint density at radius 3 is 2.82 bits per heavy atom. The highest BCUT2D eigenvalue weighted by Crippen LogP contribution is 2.31. The molecule has 2 rings (SSSR count). The number of nitrogens with zero attached hydrogens (tertiary/aromatic N) is 1. The van der Waals surface area contributed by atoms with Crippen LogP contribution in [0.15, 0.2) is 23.1 Å². The summed E-state index contributed by atoms with van der Waals surface area (Å²) in [7, 11) is 0. The van der Waals surface area contributed by atoms with Gasteiger partial charge in [-0.2, -0.15) is 0 Å². The number of fused-ring (bicyclic) bond motifs is 1. The van der Waals surface area contributed by atoms with E-state index in [-0.39, 0.29) is 5.91 Å². The quantitative estimate of drug-likeness (QED) is 0.780. The van der Waals surface area contributed by atoms with Gasteiger partial charge in [-0.25, -0.2) is 4.79 Å². The van der Waals surface area contributed by atoms with Crippen LogP contribution in [0.3, 0.4) is 0 Å². The SMILES string of the molecule is CC(=O)N1CCCc2cc(SC(=O)O)ccc21. The van der Waals surface area contributed by atoms with Crippen molar-refractivity contribution in [3.63, 3.8) is 0 Å². The lowest BCUT2D eigenvalue weighted by Crippen LogP contribution is -2.33. The maximum Gasteiger partial charge on any atom is 0.369 e. The number of benzene rings is 1. The van der Waals surface area contributed by atoms with Gasteiger partial charge < -0.3 is 10.0 Å². The summed E-state index contributed by atoms with van der Waals surface area (Å²) >= 11 is 0.794. The standard InChI is InChI=1S/C12H13NO3S/c1-8(14)13-6-2-3-9-7-10(17-12(15)16)4-5-11(9)13/h4-5,7H,2-3,6H2,1H3,(H,15,16). The molecule has 17 heavy (non-hydrogen) atoms. The Hall–Kier alpha value is -1.49. The van der Waals surface area contributed by atoms with E-state index in [0.717, 1.165) is 42.4 Å². The second kappa shape index (κ2) is 4.79. The number of amides is 1. The third kappa shape index (κ3) is 2.61. The molecule has 0 bridgehead atoms. The number of hydrogen-bond donors (Lipinski definition) is 1. The summed E-state index contributed by atoms with van der Waals surface area (Å²) in [6, 6.07) is 5.45. The van der Waals surface area contributed by atoms with E-state index in [0.29, 0.717) is 4.90 Å². The predicted octanol–water partition coefficient (Wildman–Crippen LogP) is 2.76. The molecule has 0 aromatic heterocycles. The Kier molecular flexibility index (Phi) is 3.38. The zero-order valence-electron chi connectivity index (χ0n) is 9.47. The summed E-state index contributed by atoms with van der Waals surface area (Å²) in [4.78, 5) is 24.5. The summed E-state index contributed by atoms with van der Waals surface area (Å²) in [5.41, 5.74) is 1.97. The number of hydrogen-bond acceptors (Lipinski definition) is 3. The zero-order valence-corrected chi connectivity index (χ0v) is 10.3. The van der Waals surface area contributed by atoms with Gasteiger partial charge >= 0.3 is 5.30 Å². The van der Waals surface area contributed by atoms with Crippen LogP contribution >= 0.6 is 11.8 Å². The van der Waals surface area contributed by atoms with E-state index in [1.54, 1.807) is 17.9 Å². The van der Waals surface area contributed by atoms with Gasteiger partial charge in [0.1, 0.15) is 0 Å². The van der Waals surface area contributed by atoms with Gasteiger partial charge in [-0.3, -0.25) is 4.79 Å². The van der Waals surface area contributed by atoms with Gasteiger partial charge in [0, 0.05) is 24.1 Å². The molecular weight excluding hydrogens is 238 g/mol. The molecule has 5 heteroatoms. The maximum absolute atomic E-state index is 11.5. The molecule has 1 heterocycles. The van der Waals surface area contributed by atoms with E-state index in [4.69, 9.17) is 5.11 Å². The molecule has 1 aliphatic heterocycles. The highest BCUT2D eigenvalue weighted by Gasteiger charge is 2.20. The van der Waals surface area contributed by atoms with Crippen molar-refractivity contribution in [1.29, 1.82) is 0 Å². The number of carboxylic acid groups (broad SMARTS) is 1. The van der Waals surface area contributed by atoms with Gasteiger partial charge in [-0.05, 0) is 48.4 Å². The van der Waals surface area contributed by atoms with Crippen LogP contribution in [0.4, 0.5) is 10.5 Å². The monoisotopic (exact) mass is 251 g/mol. The van der Waals surface area contributed by atoms with Crippen LogP contribution in [0.1, 0.15) is 18.9 Å². The van der Waals surface area contributed by atoms with Crippen LogP contribution in [-0.4, -0.2) is 22.9 Å². The van der Waals surface area contributed by atoms with Crippen molar-refractivity contribution < 1.29 is 14.7 Å². The lowest BCUT2D eigenvalue weighted by molar-refractivity contribution is -0.116. The third-order valence-electron chi connectivity index (χ3n) is 2.75. The van der Waals surface area contributed by atoms with E-state index >= 15 is 0 Å². The van der Waals surface area contributed by atoms with E-state index in [2.05, 4.69) is 0 Å². The molecule has 4 nitrogen and oxygen atoms in total. The lowest BCUT2D eigenvalue weighted by atomic mass is 10.0. The van der Waals surface area contributed by atoms with Gasteiger partial charge in [-0.1, -0.05) is 0 Å². The molecule has 0 spiro atoms. The second-order valence-corrected chi connectivity index (χ2v) is 4.96. The van der Waals surface area contributed by atoms with Crippen LogP contribution in [0.5, 0.6) is 0 Å². The van der Waals surface area contributed by atoms with Crippen LogP contribution in [0.25, 0.3) is 0 Å². The average molecular weight is 251 g/mol. The molecule has 0 atom stereocenters. The fourth-order valence-electron chi connectivity index (χ4n) is 2.06. The Morgan fingerprint density at radius 1 is 1.41 bits per heavy atom. The maximum atomic E-state index is 11.5. The molecule has 0 radical (unpaired) electrons. The Balaban J connectivity index is 2.32. The molecule has 1 aromatic carbocycles. The first-order valence-electron chi connectivity index (χ1n) is 5.40. The molecule has 1 amide bonds. The molecule has 90 valence electrons. The number of carbonyl (C=O) groups is 2. The van der Waals surface area contributed by atoms with Gasteiger partial charge in [0.15, 0.2) is 0 Å². The minimum absolute atomic E-state index is 0.0320. The first kappa shape index (κ1) is 12.0. The predicted molar refractivity (Wildman–Crippen MR) is 66.7 cm³/mol. The summed E-state index contributed by atoms with van der Waals surface area (Å²) in [5.74, 6) is 0.0320. The summed E-state index contributed by atoms with van der Waals surface area (Å²) in [5, 5.41) is 7.80. The van der Waals surface area contributed by atoms with Crippen LogP contribution in [0.2, 0.25) is 0 Å². The summed E-state index contributed by atoms with van der Waals surface area (Å²) < 4.78 is 0. The van der Waals surface area contributed by atoms with E-state index in [1.807, 2.05) is 12.1 Å². The molecule has 0 saturated heterocycles. The molecule has 1 N–H and O–H groups in total. The van der Waals surface area contributed by atoms with E-state index in [9.17, 15) is 9.59 Å². The van der Waals surface area contributed by atoms with Crippen molar-refractivity contribution in [1.82, 2.24) is 0 Å². The topological polar surface area (TPSA) is 57.6 Å². The first-order chi connectivity index (χ1) is 8.08. The number of anilines is 1. The highest BCUT2D eigenvalue weighted by atomic mass is 32.2. The van der Waals surface area contributed by atoms with E-state index in [1.165, 1.54) is 0 Å². The number of rotatable bonds is 1. The van der Waals surface area contributed by atoms with Crippen LogP contribution in [-0.2, 0) is 11.2 Å². The van der Waals surface area contributed by atoms with Gasteiger partial charge in [-0.15, -0.1) is 0 Å². The van der Waals surface area contributed by atoms with Crippen molar-refractivity contribution >= 4 is 28.7 Å². The largest absolute Gasteiger partial charge is 0.473 e. The van der Waals surface area contributed by atoms with Crippen LogP contribution < -0.4 is 4.90 Å². The smallest absolute Gasteiger partial charge is 0.369 e. The molecular formula is C12H13NO3S. The Labute approximate surface area is 104 Å². The Morgan fingerprint density at radius 2 is 2.18 bits per heavy atom. The fraction of sp³-hybridized carbons (Fsp3) is 0.333. The van der Waals surface area contributed by atoms with Gasteiger partial charge in [0.05, 0.1) is 0 Å². The number of thioether (sulfide) groups is 1. The van der Waals surface area contributed by atoms with Gasteiger partial charge in [0.25, 0.3) is 0 Å². The minimum Gasteiger partial charge on any atom is -0.473 e. The zero-order chi connectivity index (χ0) is 12.4. The highest BCUT2D eigenvalue weighted by molar-refractivity contribution is 8.13. The van der Waals surface area contributed by atoms with Crippen molar-refractivity contribution in [3.05, 3.63) is 23.8 Å². The molecule has 0 saturated carbocycles. The van der Waals surface area contributed by atoms with Gasteiger partial charge in [0.2, 0.25) is 5.91 Å². The van der Waals surface area contributed by atoms with Crippen molar-refractivity contribution in [2.45, 2.75) is 24.7 Å². The molecule has 1 aromatic rings. The molecule has 0 unspecified atom stereocenters. The molecule has 1 aliphatic rings. The Bertz CT molecular complexity index is 473. The van der Waals surface area contributed by atoms with Crippen molar-refractivity contribution in [2.24, 2.45) is 0 Å². The fourth-order valence-corrected chi connectivity index (χ4v) is 2.60. The van der Waals surface area contributed by atoms with E-state index < -0.39 is 5.30 Å². The minimum atomic E-state index is -0.913. The molecule has 0 aliphatic carbocycles. The van der Waals surface area contributed by atoms with Crippen LogP contribution in [0, 0.1) is 0 Å². The van der Waals surface area contributed by atoms with Crippen molar-refractivity contribution in [3.8, 4) is 0 Å². The lowest BCUT2D eigenvalue weighted by Gasteiger charge is -2.28. The number of aryl methyl sites for hydroxylation is 1. The summed E-state index contributed by atoms with van der Waals surface area (Å²) in [6.45, 7) is 2.29. The third-order valence-corrected chi connectivity index (χ3v) is 3.42.